The van der Waals surface area contributed by atoms with Crippen molar-refractivity contribution in [1.82, 2.24) is 9.97 Å². The van der Waals surface area contributed by atoms with Crippen molar-refractivity contribution >= 4 is 17.5 Å². The summed E-state index contributed by atoms with van der Waals surface area (Å²) in [6.45, 7) is 6.36. The van der Waals surface area contributed by atoms with Gasteiger partial charge in [0.2, 0.25) is 5.95 Å². The molecule has 3 rings (SSSR count). The normalized spacial score (nSPS) is 10.6. The Balaban J connectivity index is 1.78. The quantitative estimate of drug-likeness (QED) is 0.696. The maximum atomic E-state index is 13.7. The van der Waals surface area contributed by atoms with Gasteiger partial charge >= 0.3 is 0 Å². The van der Waals surface area contributed by atoms with Gasteiger partial charge in [-0.15, -0.1) is 0 Å². The van der Waals surface area contributed by atoms with Crippen LogP contribution in [-0.2, 0) is 6.54 Å². The third kappa shape index (κ3) is 4.32. The molecule has 0 atom stereocenters. The Hall–Kier alpha value is -2.95. The van der Waals surface area contributed by atoms with Gasteiger partial charge in [0, 0.05) is 29.6 Å². The van der Waals surface area contributed by atoms with Gasteiger partial charge in [-0.25, -0.2) is 9.37 Å². The van der Waals surface area contributed by atoms with Crippen molar-refractivity contribution in [3.63, 3.8) is 0 Å². The molecule has 128 valence electrons. The Morgan fingerprint density at radius 3 is 2.56 bits per heavy atom. The van der Waals surface area contributed by atoms with Crippen LogP contribution in [0.5, 0.6) is 0 Å². The first kappa shape index (κ1) is 16.9. The second kappa shape index (κ2) is 7.30. The summed E-state index contributed by atoms with van der Waals surface area (Å²) in [6.07, 6.45) is 0. The maximum Gasteiger partial charge on any atom is 0.229 e. The van der Waals surface area contributed by atoms with Crippen molar-refractivity contribution in [2.45, 2.75) is 27.3 Å². The molecular weight excluding hydrogens is 315 g/mol. The van der Waals surface area contributed by atoms with Crippen LogP contribution in [0.25, 0.3) is 0 Å². The van der Waals surface area contributed by atoms with E-state index in [4.69, 9.17) is 0 Å². The van der Waals surface area contributed by atoms with Crippen LogP contribution in [0.1, 0.15) is 22.4 Å². The van der Waals surface area contributed by atoms with Gasteiger partial charge in [0.1, 0.15) is 11.6 Å². The Morgan fingerprint density at radius 2 is 1.76 bits per heavy atom. The van der Waals surface area contributed by atoms with E-state index in [0.29, 0.717) is 23.9 Å². The van der Waals surface area contributed by atoms with Crippen LogP contribution in [0, 0.1) is 26.6 Å². The van der Waals surface area contributed by atoms with Crippen molar-refractivity contribution in [3.8, 4) is 0 Å². The lowest BCUT2D eigenvalue weighted by Gasteiger charge is -2.12. The lowest BCUT2D eigenvalue weighted by molar-refractivity contribution is 0.613. The van der Waals surface area contributed by atoms with Crippen LogP contribution >= 0.6 is 0 Å². The minimum atomic E-state index is -0.227. The van der Waals surface area contributed by atoms with Crippen molar-refractivity contribution < 1.29 is 4.39 Å². The third-order valence-electron chi connectivity index (χ3n) is 3.91. The average molecular weight is 336 g/mol. The molecule has 0 spiro atoms. The zero-order chi connectivity index (χ0) is 17.8. The fourth-order valence-electron chi connectivity index (χ4n) is 2.53. The van der Waals surface area contributed by atoms with Gasteiger partial charge in [-0.2, -0.15) is 4.98 Å². The van der Waals surface area contributed by atoms with Crippen molar-refractivity contribution in [1.29, 1.82) is 0 Å². The predicted molar refractivity (Wildman–Crippen MR) is 99.7 cm³/mol. The number of hydrogen-bond acceptors (Lipinski definition) is 4. The second-order valence-corrected chi connectivity index (χ2v) is 6.11. The second-order valence-electron chi connectivity index (χ2n) is 6.11. The largest absolute Gasteiger partial charge is 0.366 e. The minimum absolute atomic E-state index is 0.227. The highest BCUT2D eigenvalue weighted by atomic mass is 19.1. The average Bonchev–Trinajstić information content (AvgIpc) is 2.57. The maximum absolute atomic E-state index is 13.7. The zero-order valence-electron chi connectivity index (χ0n) is 14.6. The fraction of sp³-hybridized carbons (Fsp3) is 0.200. The third-order valence-corrected chi connectivity index (χ3v) is 3.91. The van der Waals surface area contributed by atoms with Gasteiger partial charge < -0.3 is 10.6 Å². The number of anilines is 3. The molecule has 5 heteroatoms. The Kier molecular flexibility index (Phi) is 4.93. The SMILES string of the molecule is Cc1ccc(C)c(Nc2nc(C)cc(NCc3ccccc3F)n2)c1. The van der Waals surface area contributed by atoms with Gasteiger partial charge in [-0.05, 0) is 44.0 Å². The number of halogens is 1. The van der Waals surface area contributed by atoms with E-state index in [1.807, 2.05) is 32.9 Å². The van der Waals surface area contributed by atoms with E-state index in [1.165, 1.54) is 11.6 Å². The highest BCUT2D eigenvalue weighted by Crippen LogP contribution is 2.21. The standard InChI is InChI=1S/C20H21FN4/c1-13-8-9-14(2)18(10-13)24-20-23-15(3)11-19(25-20)22-12-16-6-4-5-7-17(16)21/h4-11H,12H2,1-3H3,(H2,22,23,24,25). The molecule has 0 saturated carbocycles. The minimum Gasteiger partial charge on any atom is -0.366 e. The lowest BCUT2D eigenvalue weighted by Crippen LogP contribution is -2.07. The number of nitrogens with one attached hydrogen (secondary N) is 2. The van der Waals surface area contributed by atoms with Crippen LogP contribution in [0.3, 0.4) is 0 Å². The van der Waals surface area contributed by atoms with E-state index in [0.717, 1.165) is 16.9 Å². The molecule has 2 aromatic carbocycles. The summed E-state index contributed by atoms with van der Waals surface area (Å²) in [7, 11) is 0. The van der Waals surface area contributed by atoms with E-state index in [-0.39, 0.29) is 5.82 Å². The summed E-state index contributed by atoms with van der Waals surface area (Å²) < 4.78 is 13.7. The molecule has 0 amide bonds. The van der Waals surface area contributed by atoms with Crippen LogP contribution < -0.4 is 10.6 Å². The Morgan fingerprint density at radius 1 is 0.960 bits per heavy atom. The predicted octanol–water partition coefficient (Wildman–Crippen LogP) is 4.90. The molecular formula is C20H21FN4. The fourth-order valence-corrected chi connectivity index (χ4v) is 2.53. The first-order valence-electron chi connectivity index (χ1n) is 8.18. The molecule has 0 fully saturated rings. The molecule has 0 aliphatic carbocycles. The molecule has 0 saturated heterocycles. The van der Waals surface area contributed by atoms with Crippen LogP contribution in [0.15, 0.2) is 48.5 Å². The van der Waals surface area contributed by atoms with Crippen molar-refractivity contribution in [3.05, 3.63) is 76.7 Å². The van der Waals surface area contributed by atoms with Crippen LogP contribution in [0.2, 0.25) is 0 Å². The first-order valence-corrected chi connectivity index (χ1v) is 8.18. The number of nitrogens with zero attached hydrogens (tertiary/aromatic N) is 2. The highest BCUT2D eigenvalue weighted by molar-refractivity contribution is 5.60. The summed E-state index contributed by atoms with van der Waals surface area (Å²) >= 11 is 0. The molecule has 0 aliphatic rings. The summed E-state index contributed by atoms with van der Waals surface area (Å²) in [5.41, 5.74) is 4.70. The highest BCUT2D eigenvalue weighted by Gasteiger charge is 2.06. The van der Waals surface area contributed by atoms with Crippen molar-refractivity contribution in [2.75, 3.05) is 10.6 Å². The van der Waals surface area contributed by atoms with Gasteiger partial charge in [0.25, 0.3) is 0 Å². The Bertz CT molecular complexity index is 893. The molecule has 3 aromatic rings. The number of aryl methyl sites for hydroxylation is 3. The monoisotopic (exact) mass is 336 g/mol. The topological polar surface area (TPSA) is 49.8 Å². The molecule has 0 unspecified atom stereocenters. The van der Waals surface area contributed by atoms with Gasteiger partial charge in [-0.1, -0.05) is 30.3 Å². The summed E-state index contributed by atoms with van der Waals surface area (Å²) in [5, 5.41) is 6.43. The van der Waals surface area contributed by atoms with Gasteiger partial charge in [0.15, 0.2) is 0 Å². The molecule has 0 bridgehead atoms. The number of aromatic nitrogens is 2. The van der Waals surface area contributed by atoms with Gasteiger partial charge in [0.05, 0.1) is 0 Å². The molecule has 1 heterocycles. The molecule has 2 N–H and O–H groups in total. The van der Waals surface area contributed by atoms with Crippen LogP contribution in [-0.4, -0.2) is 9.97 Å². The van der Waals surface area contributed by atoms with E-state index < -0.39 is 0 Å². The van der Waals surface area contributed by atoms with Crippen LogP contribution in [0.4, 0.5) is 21.8 Å². The number of hydrogen-bond donors (Lipinski definition) is 2. The number of rotatable bonds is 5. The summed E-state index contributed by atoms with van der Waals surface area (Å²) in [5.74, 6) is 0.947. The molecule has 0 radical (unpaired) electrons. The molecule has 25 heavy (non-hydrogen) atoms. The van der Waals surface area contributed by atoms with Gasteiger partial charge in [-0.3, -0.25) is 0 Å². The van der Waals surface area contributed by atoms with E-state index >= 15 is 0 Å². The van der Waals surface area contributed by atoms with Crippen molar-refractivity contribution in [2.24, 2.45) is 0 Å². The molecule has 0 aliphatic heterocycles. The summed E-state index contributed by atoms with van der Waals surface area (Å²) in [6, 6.07) is 14.7. The molecule has 1 aromatic heterocycles. The number of benzene rings is 2. The zero-order valence-corrected chi connectivity index (χ0v) is 14.6. The Labute approximate surface area is 147 Å². The summed E-state index contributed by atoms with van der Waals surface area (Å²) in [4.78, 5) is 8.92. The van der Waals surface area contributed by atoms with E-state index in [2.05, 4.69) is 38.8 Å². The lowest BCUT2D eigenvalue weighted by atomic mass is 10.1. The molecule has 4 nitrogen and oxygen atoms in total. The van der Waals surface area contributed by atoms with E-state index in [9.17, 15) is 4.39 Å². The smallest absolute Gasteiger partial charge is 0.229 e. The first-order chi connectivity index (χ1) is 12.0. The van der Waals surface area contributed by atoms with E-state index in [1.54, 1.807) is 12.1 Å².